The molecule has 0 N–H and O–H groups in total. The van der Waals surface area contributed by atoms with E-state index in [4.69, 9.17) is 0 Å². The first-order chi connectivity index (χ1) is 18.6. The van der Waals surface area contributed by atoms with E-state index in [1.54, 1.807) is 16.4 Å². The Balaban J connectivity index is 1.21. The van der Waals surface area contributed by atoms with Gasteiger partial charge in [-0.25, -0.2) is 8.42 Å². The summed E-state index contributed by atoms with van der Waals surface area (Å²) >= 11 is 1.82. The Morgan fingerprint density at radius 1 is 0.923 bits per heavy atom. The molecule has 1 atom stereocenters. The SMILES string of the molecule is CC(C)(C)c1ccc(S(=O)(=O)N2CCCN(C(=O)CCN3CCc4sccc4C3c3ccccc3)CC2)cc1. The van der Waals surface area contributed by atoms with Crippen LogP contribution < -0.4 is 0 Å². The average molecular weight is 566 g/mol. The lowest BCUT2D eigenvalue weighted by Gasteiger charge is -2.36. The number of hydrogen-bond donors (Lipinski definition) is 0. The van der Waals surface area contributed by atoms with Crippen molar-refractivity contribution in [1.82, 2.24) is 14.1 Å². The Bertz CT molecular complexity index is 1380. The summed E-state index contributed by atoms with van der Waals surface area (Å²) in [6.07, 6.45) is 2.08. The van der Waals surface area contributed by atoms with Crippen LogP contribution in [-0.2, 0) is 26.7 Å². The lowest BCUT2D eigenvalue weighted by atomic mass is 9.87. The molecule has 0 saturated carbocycles. The molecule has 6 nitrogen and oxygen atoms in total. The van der Waals surface area contributed by atoms with Gasteiger partial charge in [-0.05, 0) is 58.5 Å². The number of hydrogen-bond acceptors (Lipinski definition) is 5. The number of fused-ring (bicyclic) bond motifs is 1. The number of thiophene rings is 1. The number of carbonyl (C=O) groups excluding carboxylic acids is 1. The summed E-state index contributed by atoms with van der Waals surface area (Å²) in [5.41, 5.74) is 3.69. The lowest BCUT2D eigenvalue weighted by molar-refractivity contribution is -0.131. The lowest BCUT2D eigenvalue weighted by Crippen LogP contribution is -2.40. The van der Waals surface area contributed by atoms with Gasteiger partial charge in [0, 0.05) is 50.6 Å². The van der Waals surface area contributed by atoms with E-state index in [0.717, 1.165) is 18.5 Å². The molecule has 8 heteroatoms. The van der Waals surface area contributed by atoms with Crippen LogP contribution in [0.15, 0.2) is 70.9 Å². The maximum Gasteiger partial charge on any atom is 0.243 e. The Morgan fingerprint density at radius 3 is 2.38 bits per heavy atom. The van der Waals surface area contributed by atoms with Crippen LogP contribution in [-0.4, -0.2) is 67.7 Å². The topological polar surface area (TPSA) is 60.9 Å². The zero-order valence-electron chi connectivity index (χ0n) is 23.2. The Kier molecular flexibility index (Phi) is 8.29. The molecule has 3 heterocycles. The minimum absolute atomic E-state index is 0.0347. The minimum Gasteiger partial charge on any atom is -0.341 e. The number of carbonyl (C=O) groups is 1. The molecule has 0 spiro atoms. The van der Waals surface area contributed by atoms with Gasteiger partial charge in [0.05, 0.1) is 10.9 Å². The van der Waals surface area contributed by atoms with Crippen molar-refractivity contribution in [3.63, 3.8) is 0 Å². The Labute approximate surface area is 237 Å². The van der Waals surface area contributed by atoms with Crippen molar-refractivity contribution in [2.75, 3.05) is 39.3 Å². The van der Waals surface area contributed by atoms with E-state index in [0.29, 0.717) is 50.5 Å². The van der Waals surface area contributed by atoms with Crippen molar-refractivity contribution >= 4 is 27.3 Å². The van der Waals surface area contributed by atoms with Crippen molar-refractivity contribution in [3.8, 4) is 0 Å². The van der Waals surface area contributed by atoms with Gasteiger partial charge in [0.25, 0.3) is 0 Å². The van der Waals surface area contributed by atoms with Gasteiger partial charge in [-0.2, -0.15) is 4.31 Å². The Morgan fingerprint density at radius 2 is 1.67 bits per heavy atom. The first-order valence-corrected chi connectivity index (χ1v) is 16.2. The van der Waals surface area contributed by atoms with Gasteiger partial charge < -0.3 is 4.90 Å². The molecule has 0 radical (unpaired) electrons. The third-order valence-electron chi connectivity index (χ3n) is 7.96. The third kappa shape index (κ3) is 6.14. The molecule has 2 aliphatic heterocycles. The van der Waals surface area contributed by atoms with Crippen LogP contribution in [0.3, 0.4) is 0 Å². The first kappa shape index (κ1) is 28.0. The smallest absolute Gasteiger partial charge is 0.243 e. The molecule has 0 bridgehead atoms. The van der Waals surface area contributed by atoms with Gasteiger partial charge in [-0.3, -0.25) is 9.69 Å². The molecule has 2 aromatic carbocycles. The molecule has 39 heavy (non-hydrogen) atoms. The quantitative estimate of drug-likeness (QED) is 0.407. The number of sulfonamides is 1. The van der Waals surface area contributed by atoms with Gasteiger partial charge in [0.15, 0.2) is 0 Å². The van der Waals surface area contributed by atoms with Crippen LogP contribution in [0.5, 0.6) is 0 Å². The van der Waals surface area contributed by atoms with E-state index < -0.39 is 10.0 Å². The van der Waals surface area contributed by atoms with Gasteiger partial charge in [0.2, 0.25) is 15.9 Å². The van der Waals surface area contributed by atoms with Crippen LogP contribution in [0.1, 0.15) is 61.2 Å². The molecular weight excluding hydrogens is 526 g/mol. The summed E-state index contributed by atoms with van der Waals surface area (Å²) in [7, 11) is -3.60. The highest BCUT2D eigenvalue weighted by Crippen LogP contribution is 2.37. The second-order valence-corrected chi connectivity index (χ2v) is 14.5. The summed E-state index contributed by atoms with van der Waals surface area (Å²) in [6.45, 7) is 9.72. The third-order valence-corrected chi connectivity index (χ3v) is 10.9. The molecule has 1 aromatic heterocycles. The molecule has 3 aromatic rings. The molecule has 1 amide bonds. The van der Waals surface area contributed by atoms with Crippen molar-refractivity contribution in [2.24, 2.45) is 0 Å². The van der Waals surface area contributed by atoms with Gasteiger partial charge >= 0.3 is 0 Å². The predicted molar refractivity (Wildman–Crippen MR) is 158 cm³/mol. The number of benzene rings is 2. The molecule has 5 rings (SSSR count). The fourth-order valence-electron chi connectivity index (χ4n) is 5.69. The summed E-state index contributed by atoms with van der Waals surface area (Å²) < 4.78 is 28.3. The first-order valence-electron chi connectivity index (χ1n) is 13.9. The molecular formula is C31H39N3O3S2. The zero-order valence-corrected chi connectivity index (χ0v) is 24.8. The fourth-order valence-corrected chi connectivity index (χ4v) is 8.07. The van der Waals surface area contributed by atoms with E-state index in [2.05, 4.69) is 61.4 Å². The highest BCUT2D eigenvalue weighted by Gasteiger charge is 2.32. The standard InChI is InChI=1S/C31H39N3O3S2/c1-31(2,3)25-10-12-26(13-11-25)39(36,37)34-18-7-17-32(21-22-34)29(35)15-20-33-19-14-28-27(16-23-38-28)30(33)24-8-5-4-6-9-24/h4-6,8-13,16,23,30H,7,14-15,17-22H2,1-3H3. The molecule has 0 aliphatic carbocycles. The second-order valence-electron chi connectivity index (χ2n) is 11.6. The summed E-state index contributed by atoms with van der Waals surface area (Å²) in [5, 5.41) is 2.17. The molecule has 1 unspecified atom stereocenters. The number of amides is 1. The van der Waals surface area contributed by atoms with E-state index in [9.17, 15) is 13.2 Å². The van der Waals surface area contributed by atoms with Crippen molar-refractivity contribution < 1.29 is 13.2 Å². The van der Waals surface area contributed by atoms with Gasteiger partial charge in [-0.1, -0.05) is 63.2 Å². The van der Waals surface area contributed by atoms with Crippen LogP contribution in [0, 0.1) is 0 Å². The van der Waals surface area contributed by atoms with Crippen LogP contribution in [0.25, 0.3) is 0 Å². The summed E-state index contributed by atoms with van der Waals surface area (Å²) in [6, 6.07) is 20.2. The van der Waals surface area contributed by atoms with Crippen molar-refractivity contribution in [2.45, 2.75) is 56.4 Å². The highest BCUT2D eigenvalue weighted by atomic mass is 32.2. The van der Waals surface area contributed by atoms with Crippen molar-refractivity contribution in [1.29, 1.82) is 0 Å². The summed E-state index contributed by atoms with van der Waals surface area (Å²) in [4.78, 5) is 19.4. The maximum atomic E-state index is 13.4. The second kappa shape index (κ2) is 11.5. The fraction of sp³-hybridized carbons (Fsp3) is 0.452. The molecule has 1 saturated heterocycles. The van der Waals surface area contributed by atoms with Crippen LogP contribution >= 0.6 is 11.3 Å². The maximum absolute atomic E-state index is 13.4. The van der Waals surface area contributed by atoms with Gasteiger partial charge in [0.1, 0.15) is 0 Å². The number of rotatable bonds is 6. The molecule has 2 aliphatic rings. The number of nitrogens with zero attached hydrogens (tertiary/aromatic N) is 3. The van der Waals surface area contributed by atoms with E-state index in [1.165, 1.54) is 16.0 Å². The molecule has 1 fully saturated rings. The highest BCUT2D eigenvalue weighted by molar-refractivity contribution is 7.89. The largest absolute Gasteiger partial charge is 0.341 e. The van der Waals surface area contributed by atoms with E-state index in [-0.39, 0.29) is 17.4 Å². The van der Waals surface area contributed by atoms with Crippen molar-refractivity contribution in [3.05, 3.63) is 87.6 Å². The van der Waals surface area contributed by atoms with E-state index in [1.807, 2.05) is 34.4 Å². The van der Waals surface area contributed by atoms with Gasteiger partial charge in [-0.15, -0.1) is 11.3 Å². The minimum atomic E-state index is -3.60. The van der Waals surface area contributed by atoms with E-state index >= 15 is 0 Å². The van der Waals surface area contributed by atoms with Crippen LogP contribution in [0.4, 0.5) is 0 Å². The average Bonchev–Trinajstić information content (AvgIpc) is 3.26. The van der Waals surface area contributed by atoms with Crippen LogP contribution in [0.2, 0.25) is 0 Å². The molecule has 208 valence electrons. The summed E-state index contributed by atoms with van der Waals surface area (Å²) in [5.74, 6) is 0.103. The normalized spacial score (nSPS) is 19.5. The monoisotopic (exact) mass is 565 g/mol. The predicted octanol–water partition coefficient (Wildman–Crippen LogP) is 5.31. The Hall–Kier alpha value is -2.52. The zero-order chi connectivity index (χ0) is 27.6.